The van der Waals surface area contributed by atoms with Gasteiger partial charge < -0.3 is 10.5 Å². The van der Waals surface area contributed by atoms with Crippen molar-refractivity contribution in [2.75, 3.05) is 13.1 Å². The number of hydrogen-bond donors (Lipinski definition) is 2. The molecule has 0 bridgehead atoms. The molecule has 0 heterocycles. The molecule has 118 valence electrons. The van der Waals surface area contributed by atoms with E-state index in [1.807, 2.05) is 0 Å². The largest absolute Gasteiger partial charge is 0.489 e. The summed E-state index contributed by atoms with van der Waals surface area (Å²) in [6, 6.07) is 6.79. The molecule has 2 unspecified atom stereocenters. The van der Waals surface area contributed by atoms with Gasteiger partial charge in [-0.3, -0.25) is 0 Å². The van der Waals surface area contributed by atoms with Crippen LogP contribution >= 0.6 is 0 Å². The molecular formula is C15H24N2O3S. The third kappa shape index (κ3) is 3.96. The third-order valence-corrected chi connectivity index (χ3v) is 5.48. The Balaban J connectivity index is 2.24. The summed E-state index contributed by atoms with van der Waals surface area (Å²) >= 11 is 0. The fourth-order valence-corrected chi connectivity index (χ4v) is 3.97. The Morgan fingerprint density at radius 1 is 1.29 bits per heavy atom. The highest BCUT2D eigenvalue weighted by atomic mass is 32.2. The molecule has 5 nitrogen and oxygen atoms in total. The van der Waals surface area contributed by atoms with Gasteiger partial charge in [0.15, 0.2) is 0 Å². The lowest BCUT2D eigenvalue weighted by Gasteiger charge is -2.31. The second kappa shape index (κ2) is 7.24. The van der Waals surface area contributed by atoms with Gasteiger partial charge in [-0.15, -0.1) is 0 Å². The van der Waals surface area contributed by atoms with E-state index in [4.69, 9.17) is 10.5 Å². The average molecular weight is 312 g/mol. The quantitative estimate of drug-likeness (QED) is 0.840. The number of nitrogens with two attached hydrogens (primary N) is 1. The van der Waals surface area contributed by atoms with Crippen LogP contribution in [0, 0.1) is 5.92 Å². The van der Waals surface area contributed by atoms with E-state index in [1.54, 1.807) is 31.2 Å². The number of sulfonamides is 1. The summed E-state index contributed by atoms with van der Waals surface area (Å²) in [5.74, 6) is 0.720. The topological polar surface area (TPSA) is 81.4 Å². The summed E-state index contributed by atoms with van der Waals surface area (Å²) in [4.78, 5) is 0.202. The maximum atomic E-state index is 12.2. The molecule has 0 amide bonds. The Morgan fingerprint density at radius 3 is 2.71 bits per heavy atom. The average Bonchev–Trinajstić information content (AvgIpc) is 2.48. The molecule has 3 N–H and O–H groups in total. The fraction of sp³-hybridized carbons (Fsp3) is 0.600. The van der Waals surface area contributed by atoms with E-state index >= 15 is 0 Å². The second-order valence-electron chi connectivity index (χ2n) is 5.38. The highest BCUT2D eigenvalue weighted by Crippen LogP contribution is 2.31. The lowest BCUT2D eigenvalue weighted by molar-refractivity contribution is 0.0940. The van der Waals surface area contributed by atoms with Gasteiger partial charge in [-0.1, -0.05) is 25.5 Å². The number of para-hydroxylation sites is 1. The molecule has 1 aliphatic carbocycles. The molecule has 1 aliphatic rings. The third-order valence-electron chi connectivity index (χ3n) is 3.89. The summed E-state index contributed by atoms with van der Waals surface area (Å²) in [6.45, 7) is 2.69. The summed E-state index contributed by atoms with van der Waals surface area (Å²) < 4.78 is 33.0. The number of hydrogen-bond acceptors (Lipinski definition) is 4. The first-order valence-electron chi connectivity index (χ1n) is 7.54. The van der Waals surface area contributed by atoms with Crippen LogP contribution in [0.2, 0.25) is 0 Å². The molecule has 21 heavy (non-hydrogen) atoms. The predicted octanol–water partition coefficient (Wildman–Crippen LogP) is 1.88. The monoisotopic (exact) mass is 312 g/mol. The van der Waals surface area contributed by atoms with Crippen molar-refractivity contribution in [3.63, 3.8) is 0 Å². The Bertz CT molecular complexity index is 560. The van der Waals surface area contributed by atoms with Crippen molar-refractivity contribution >= 4 is 10.0 Å². The maximum absolute atomic E-state index is 12.2. The van der Waals surface area contributed by atoms with Crippen LogP contribution in [0.15, 0.2) is 29.2 Å². The Hall–Kier alpha value is -1.11. The number of ether oxygens (including phenoxy) is 1. The van der Waals surface area contributed by atoms with Gasteiger partial charge in [-0.25, -0.2) is 13.1 Å². The molecule has 2 rings (SSSR count). The molecule has 0 aromatic heterocycles. The zero-order valence-corrected chi connectivity index (χ0v) is 13.2. The van der Waals surface area contributed by atoms with Gasteiger partial charge in [-0.2, -0.15) is 0 Å². The molecule has 1 aromatic rings. The molecular weight excluding hydrogens is 288 g/mol. The van der Waals surface area contributed by atoms with E-state index in [9.17, 15) is 8.42 Å². The van der Waals surface area contributed by atoms with E-state index in [0.29, 0.717) is 24.8 Å². The van der Waals surface area contributed by atoms with Crippen molar-refractivity contribution in [1.29, 1.82) is 0 Å². The molecule has 1 fully saturated rings. The lowest BCUT2D eigenvalue weighted by Crippen LogP contribution is -2.35. The minimum atomic E-state index is -3.52. The first-order valence-corrected chi connectivity index (χ1v) is 9.02. The van der Waals surface area contributed by atoms with Gasteiger partial charge in [0.1, 0.15) is 16.7 Å². The Kier molecular flexibility index (Phi) is 5.61. The molecule has 2 atom stereocenters. The minimum absolute atomic E-state index is 0.00160. The minimum Gasteiger partial charge on any atom is -0.489 e. The normalized spacial score (nSPS) is 23.0. The van der Waals surface area contributed by atoms with E-state index in [2.05, 4.69) is 4.72 Å². The van der Waals surface area contributed by atoms with Gasteiger partial charge in [0.25, 0.3) is 0 Å². The predicted molar refractivity (Wildman–Crippen MR) is 82.7 cm³/mol. The molecule has 0 aliphatic heterocycles. The van der Waals surface area contributed by atoms with E-state index < -0.39 is 10.0 Å². The number of rotatable bonds is 6. The Morgan fingerprint density at radius 2 is 2.00 bits per heavy atom. The van der Waals surface area contributed by atoms with Crippen LogP contribution in [0.25, 0.3) is 0 Å². The molecule has 1 saturated carbocycles. The first kappa shape index (κ1) is 16.3. The van der Waals surface area contributed by atoms with Crippen molar-refractivity contribution < 1.29 is 13.2 Å². The first-order chi connectivity index (χ1) is 10.1. The zero-order valence-electron chi connectivity index (χ0n) is 12.4. The van der Waals surface area contributed by atoms with E-state index in [-0.39, 0.29) is 11.0 Å². The second-order valence-corrected chi connectivity index (χ2v) is 7.12. The lowest BCUT2D eigenvalue weighted by atomic mass is 9.86. The van der Waals surface area contributed by atoms with Crippen molar-refractivity contribution in [1.82, 2.24) is 4.72 Å². The number of benzene rings is 1. The van der Waals surface area contributed by atoms with Crippen LogP contribution < -0.4 is 15.2 Å². The van der Waals surface area contributed by atoms with Gasteiger partial charge in [0.05, 0.1) is 0 Å². The number of nitrogens with one attached hydrogen (secondary N) is 1. The van der Waals surface area contributed by atoms with Crippen molar-refractivity contribution in [3.8, 4) is 5.75 Å². The van der Waals surface area contributed by atoms with Crippen molar-refractivity contribution in [2.45, 2.75) is 43.6 Å². The molecule has 0 spiro atoms. The summed E-state index contributed by atoms with van der Waals surface area (Å²) in [7, 11) is -3.52. The molecule has 1 aromatic carbocycles. The van der Waals surface area contributed by atoms with E-state index in [0.717, 1.165) is 19.3 Å². The van der Waals surface area contributed by atoms with E-state index in [1.165, 1.54) is 6.42 Å². The smallest absolute Gasteiger partial charge is 0.244 e. The van der Waals surface area contributed by atoms with Crippen molar-refractivity contribution in [3.05, 3.63) is 24.3 Å². The van der Waals surface area contributed by atoms with Crippen LogP contribution in [-0.2, 0) is 10.0 Å². The van der Waals surface area contributed by atoms with Crippen molar-refractivity contribution in [2.24, 2.45) is 11.7 Å². The SMILES string of the molecule is CCNS(=O)(=O)c1ccccc1OC1CCCCC1CN. The summed E-state index contributed by atoms with van der Waals surface area (Å²) in [6.07, 6.45) is 4.24. The van der Waals surface area contributed by atoms with Crippen LogP contribution in [0.4, 0.5) is 0 Å². The molecule has 0 saturated heterocycles. The summed E-state index contributed by atoms with van der Waals surface area (Å²) in [5.41, 5.74) is 5.81. The standard InChI is InChI=1S/C15H24N2O3S/c1-2-17-21(18,19)15-10-6-5-9-14(15)20-13-8-4-3-7-12(13)11-16/h5-6,9-10,12-13,17H,2-4,7-8,11,16H2,1H3. The Labute approximate surface area is 126 Å². The van der Waals surface area contributed by atoms with Gasteiger partial charge in [0.2, 0.25) is 10.0 Å². The zero-order chi connectivity index (χ0) is 15.3. The molecule has 6 heteroatoms. The van der Waals surface area contributed by atoms with Crippen LogP contribution in [0.5, 0.6) is 5.75 Å². The van der Waals surface area contributed by atoms with Gasteiger partial charge >= 0.3 is 0 Å². The fourth-order valence-electron chi connectivity index (χ4n) is 2.80. The van der Waals surface area contributed by atoms with Crippen LogP contribution in [0.1, 0.15) is 32.6 Å². The van der Waals surface area contributed by atoms with Crippen LogP contribution in [-0.4, -0.2) is 27.6 Å². The van der Waals surface area contributed by atoms with Gasteiger partial charge in [-0.05, 0) is 37.9 Å². The van der Waals surface area contributed by atoms with Crippen LogP contribution in [0.3, 0.4) is 0 Å². The highest BCUT2D eigenvalue weighted by molar-refractivity contribution is 7.89. The summed E-state index contributed by atoms with van der Waals surface area (Å²) in [5, 5.41) is 0. The molecule has 0 radical (unpaired) electrons. The highest BCUT2D eigenvalue weighted by Gasteiger charge is 2.27. The van der Waals surface area contributed by atoms with Gasteiger partial charge in [0, 0.05) is 12.5 Å². The maximum Gasteiger partial charge on any atom is 0.244 e.